The van der Waals surface area contributed by atoms with Crippen molar-refractivity contribution in [2.45, 2.75) is 61.2 Å². The number of thioether (sulfide) groups is 1. The van der Waals surface area contributed by atoms with Crippen LogP contribution in [0.5, 0.6) is 17.2 Å². The molecule has 166 valence electrons. The molecule has 2 fully saturated rings. The Morgan fingerprint density at radius 3 is 2.52 bits per heavy atom. The largest absolute Gasteiger partial charge is 0.508 e. The Morgan fingerprint density at radius 1 is 0.968 bits per heavy atom. The van der Waals surface area contributed by atoms with Crippen molar-refractivity contribution in [2.75, 3.05) is 26.2 Å². The Morgan fingerprint density at radius 2 is 1.74 bits per heavy atom. The van der Waals surface area contributed by atoms with Crippen LogP contribution in [0.3, 0.4) is 0 Å². The smallest absolute Gasteiger partial charge is 0.137 e. The van der Waals surface area contributed by atoms with E-state index in [1.807, 2.05) is 17.8 Å². The van der Waals surface area contributed by atoms with E-state index < -0.39 is 0 Å². The van der Waals surface area contributed by atoms with Crippen LogP contribution in [0.4, 0.5) is 0 Å². The number of phenolic OH excluding ortho intramolecular Hbond substituents is 1. The summed E-state index contributed by atoms with van der Waals surface area (Å²) in [6, 6.07) is 14.0. The first-order valence-electron chi connectivity index (χ1n) is 11.9. The summed E-state index contributed by atoms with van der Waals surface area (Å²) in [5, 5.41) is 10.3. The van der Waals surface area contributed by atoms with E-state index >= 15 is 0 Å². The number of likely N-dealkylation sites (tertiary alicyclic amines) is 1. The van der Waals surface area contributed by atoms with Gasteiger partial charge in [-0.1, -0.05) is 31.4 Å². The molecule has 0 amide bonds. The zero-order valence-electron chi connectivity index (χ0n) is 18.2. The number of phenols is 1. The minimum Gasteiger partial charge on any atom is -0.508 e. The standard InChI is InChI=1S/C26H33NO3S/c28-21-10-13-24-23(18-21)30-25(26(31-24)20-6-2-3-7-20)19-8-11-22(12-9-19)29-17-16-27-14-4-1-5-15-27/h8-13,18,20,25-26,28H,1-7,14-17H2/t25-,26-/m0/s1. The first-order valence-corrected chi connectivity index (χ1v) is 12.8. The van der Waals surface area contributed by atoms with E-state index in [9.17, 15) is 5.11 Å². The molecule has 4 nitrogen and oxygen atoms in total. The summed E-state index contributed by atoms with van der Waals surface area (Å²) in [6.45, 7) is 4.16. The fourth-order valence-corrected chi connectivity index (χ4v) is 6.68. The second-order valence-electron chi connectivity index (χ2n) is 9.12. The third-order valence-corrected chi connectivity index (χ3v) is 8.44. The number of aromatic hydroxyl groups is 1. The van der Waals surface area contributed by atoms with E-state index in [4.69, 9.17) is 9.47 Å². The molecule has 2 heterocycles. The van der Waals surface area contributed by atoms with Crippen molar-refractivity contribution in [3.8, 4) is 17.2 Å². The van der Waals surface area contributed by atoms with E-state index in [1.54, 1.807) is 12.1 Å². The van der Waals surface area contributed by atoms with Gasteiger partial charge >= 0.3 is 0 Å². The van der Waals surface area contributed by atoms with Crippen molar-refractivity contribution in [3.05, 3.63) is 48.0 Å². The summed E-state index contributed by atoms with van der Waals surface area (Å²) in [5.41, 5.74) is 1.20. The van der Waals surface area contributed by atoms with E-state index in [1.165, 1.54) is 63.6 Å². The average molecular weight is 440 g/mol. The lowest BCUT2D eigenvalue weighted by Gasteiger charge is -2.36. The summed E-state index contributed by atoms with van der Waals surface area (Å²) in [6.07, 6.45) is 9.21. The van der Waals surface area contributed by atoms with Gasteiger partial charge < -0.3 is 14.6 Å². The van der Waals surface area contributed by atoms with Crippen LogP contribution in [0.1, 0.15) is 56.6 Å². The van der Waals surface area contributed by atoms with E-state index in [2.05, 4.69) is 29.2 Å². The molecule has 0 bridgehead atoms. The number of ether oxygens (including phenoxy) is 2. The highest BCUT2D eigenvalue weighted by atomic mass is 32.2. The number of rotatable bonds is 6. The number of nitrogens with zero attached hydrogens (tertiary/aromatic N) is 1. The van der Waals surface area contributed by atoms with Crippen LogP contribution in [-0.2, 0) is 0 Å². The van der Waals surface area contributed by atoms with Crippen LogP contribution >= 0.6 is 11.8 Å². The van der Waals surface area contributed by atoms with Crippen molar-refractivity contribution in [3.63, 3.8) is 0 Å². The Hall–Kier alpha value is -1.85. The van der Waals surface area contributed by atoms with Gasteiger partial charge in [0.25, 0.3) is 0 Å². The van der Waals surface area contributed by atoms with Gasteiger partial charge in [-0.15, -0.1) is 11.8 Å². The number of piperidine rings is 1. The van der Waals surface area contributed by atoms with Crippen LogP contribution in [0, 0.1) is 5.92 Å². The predicted molar refractivity (Wildman–Crippen MR) is 125 cm³/mol. The lowest BCUT2D eigenvalue weighted by Crippen LogP contribution is -2.33. The van der Waals surface area contributed by atoms with Gasteiger partial charge in [-0.2, -0.15) is 0 Å². The topological polar surface area (TPSA) is 41.9 Å². The summed E-state index contributed by atoms with van der Waals surface area (Å²) < 4.78 is 12.5. The minimum absolute atomic E-state index is 0.00444. The molecule has 0 radical (unpaired) electrons. The maximum absolute atomic E-state index is 9.93. The first-order chi connectivity index (χ1) is 15.3. The molecular weight excluding hydrogens is 406 g/mol. The van der Waals surface area contributed by atoms with Crippen LogP contribution in [0.2, 0.25) is 0 Å². The molecule has 2 aromatic carbocycles. The van der Waals surface area contributed by atoms with Gasteiger partial charge in [0.1, 0.15) is 30.0 Å². The Balaban J connectivity index is 1.27. The maximum Gasteiger partial charge on any atom is 0.137 e. The summed E-state index contributed by atoms with van der Waals surface area (Å²) >= 11 is 1.93. The fraction of sp³-hybridized carbons (Fsp3) is 0.538. The molecule has 1 N–H and O–H groups in total. The molecule has 5 rings (SSSR count). The molecule has 1 saturated heterocycles. The SMILES string of the molecule is Oc1ccc2c(c1)O[C@@H](c1ccc(OCCN3CCCCC3)cc1)[C@H](C1CCCC1)S2. The number of benzene rings is 2. The van der Waals surface area contributed by atoms with Gasteiger partial charge in [-0.3, -0.25) is 4.90 Å². The molecule has 0 unspecified atom stereocenters. The fourth-order valence-electron chi connectivity index (χ4n) is 5.21. The first kappa shape index (κ1) is 21.0. The third kappa shape index (κ3) is 4.98. The zero-order valence-corrected chi connectivity index (χ0v) is 19.0. The molecule has 2 aromatic rings. The van der Waals surface area contributed by atoms with Crippen LogP contribution in [0.25, 0.3) is 0 Å². The molecule has 3 aliphatic rings. The second-order valence-corrected chi connectivity index (χ2v) is 10.3. The Labute approximate surface area is 189 Å². The van der Waals surface area contributed by atoms with Crippen molar-refractivity contribution in [1.82, 2.24) is 4.90 Å². The summed E-state index contributed by atoms with van der Waals surface area (Å²) in [5.74, 6) is 2.66. The predicted octanol–water partition coefficient (Wildman–Crippen LogP) is 6.04. The molecule has 2 atom stereocenters. The van der Waals surface area contributed by atoms with Gasteiger partial charge in [0, 0.05) is 12.6 Å². The Kier molecular flexibility index (Phi) is 6.61. The normalized spacial score (nSPS) is 24.5. The monoisotopic (exact) mass is 439 g/mol. The van der Waals surface area contributed by atoms with Gasteiger partial charge in [-0.05, 0) is 74.5 Å². The molecule has 0 spiro atoms. The van der Waals surface area contributed by atoms with Gasteiger partial charge in [0.15, 0.2) is 0 Å². The number of hydrogen-bond donors (Lipinski definition) is 1. The van der Waals surface area contributed by atoms with Crippen molar-refractivity contribution >= 4 is 11.8 Å². The van der Waals surface area contributed by atoms with Gasteiger partial charge in [0.2, 0.25) is 0 Å². The number of fused-ring (bicyclic) bond motifs is 1. The lowest BCUT2D eigenvalue weighted by atomic mass is 9.94. The highest BCUT2D eigenvalue weighted by molar-refractivity contribution is 8.00. The van der Waals surface area contributed by atoms with Crippen molar-refractivity contribution in [2.24, 2.45) is 5.92 Å². The van der Waals surface area contributed by atoms with Crippen LogP contribution < -0.4 is 9.47 Å². The highest BCUT2D eigenvalue weighted by Crippen LogP contribution is 2.51. The number of hydrogen-bond acceptors (Lipinski definition) is 5. The molecule has 0 aromatic heterocycles. The van der Waals surface area contributed by atoms with E-state index in [0.717, 1.165) is 29.5 Å². The lowest BCUT2D eigenvalue weighted by molar-refractivity contribution is 0.166. The molecule has 1 aliphatic carbocycles. The molecule has 2 aliphatic heterocycles. The average Bonchev–Trinajstić information content (AvgIpc) is 3.34. The molecular formula is C26H33NO3S. The van der Waals surface area contributed by atoms with E-state index in [-0.39, 0.29) is 11.9 Å². The van der Waals surface area contributed by atoms with Gasteiger partial charge in [-0.25, -0.2) is 0 Å². The van der Waals surface area contributed by atoms with Crippen LogP contribution in [-0.4, -0.2) is 41.5 Å². The van der Waals surface area contributed by atoms with E-state index in [0.29, 0.717) is 11.2 Å². The zero-order chi connectivity index (χ0) is 21.0. The second kappa shape index (κ2) is 9.74. The third-order valence-electron chi connectivity index (χ3n) is 6.94. The Bertz CT molecular complexity index is 859. The molecule has 31 heavy (non-hydrogen) atoms. The van der Waals surface area contributed by atoms with Crippen LogP contribution in [0.15, 0.2) is 47.4 Å². The van der Waals surface area contributed by atoms with Crippen molar-refractivity contribution < 1.29 is 14.6 Å². The summed E-state index contributed by atoms with van der Waals surface area (Å²) in [4.78, 5) is 3.65. The maximum atomic E-state index is 9.93. The minimum atomic E-state index is 0.00444. The molecule has 1 saturated carbocycles. The quantitative estimate of drug-likeness (QED) is 0.594. The van der Waals surface area contributed by atoms with Crippen molar-refractivity contribution in [1.29, 1.82) is 0 Å². The summed E-state index contributed by atoms with van der Waals surface area (Å²) in [7, 11) is 0. The molecule has 5 heteroatoms. The van der Waals surface area contributed by atoms with Gasteiger partial charge in [0.05, 0.1) is 10.1 Å². The highest BCUT2D eigenvalue weighted by Gasteiger charge is 2.38.